The largest absolute Gasteiger partial charge is 0.507 e. The molecule has 1 aromatic rings. The van der Waals surface area contributed by atoms with Crippen LogP contribution < -0.4 is 0 Å². The fraction of sp³-hybridized carbons (Fsp3) is 0. The summed E-state index contributed by atoms with van der Waals surface area (Å²) in [6.45, 7) is 0. The summed E-state index contributed by atoms with van der Waals surface area (Å²) in [5.74, 6) is 0.138. The van der Waals surface area contributed by atoms with E-state index in [1.54, 1.807) is 6.07 Å². The van der Waals surface area contributed by atoms with E-state index in [-0.39, 0.29) is 5.75 Å². The monoisotopic (exact) mass is 284 g/mol. The fourth-order valence-electron chi connectivity index (χ4n) is 0.542. The van der Waals surface area contributed by atoms with Crippen molar-refractivity contribution in [2.24, 2.45) is 0 Å². The molecule has 0 bridgehead atoms. The minimum atomic E-state index is 0.138. The van der Waals surface area contributed by atoms with Gasteiger partial charge in [0.25, 0.3) is 0 Å². The van der Waals surface area contributed by atoms with Crippen LogP contribution in [0, 0.1) is 0 Å². The number of hydrogen-bond acceptors (Lipinski definition) is 1. The van der Waals surface area contributed by atoms with Gasteiger partial charge in [0, 0.05) is 9.50 Å². The third kappa shape index (κ3) is 1.65. The summed E-state index contributed by atoms with van der Waals surface area (Å²) >= 11 is 12.0. The average molecular weight is 286 g/mol. The van der Waals surface area contributed by atoms with E-state index in [1.807, 2.05) is 0 Å². The molecule has 0 aliphatic heterocycles. The summed E-state index contributed by atoms with van der Waals surface area (Å²) in [7, 11) is 0. The number of rotatable bonds is 0. The van der Waals surface area contributed by atoms with Crippen LogP contribution in [0.1, 0.15) is 0 Å². The molecule has 1 N–H and O–H groups in total. The number of aromatic hydroxyl groups is 1. The van der Waals surface area contributed by atoms with Crippen molar-refractivity contribution < 1.29 is 5.11 Å². The Bertz CT molecular complexity index is 239. The number of phenols is 1. The zero-order chi connectivity index (χ0) is 7.72. The second-order valence-corrected chi connectivity index (χ2v) is 3.80. The second-order valence-electron chi connectivity index (χ2n) is 1.72. The summed E-state index contributed by atoms with van der Waals surface area (Å²) in [5.41, 5.74) is 0. The average Bonchev–Trinajstić information content (AvgIpc) is 1.82. The zero-order valence-corrected chi connectivity index (χ0v) is 8.66. The molecule has 0 fully saturated rings. The van der Waals surface area contributed by atoms with Crippen LogP contribution in [0.15, 0.2) is 21.1 Å². The molecule has 0 aliphatic rings. The van der Waals surface area contributed by atoms with Crippen LogP contribution in [0.25, 0.3) is 0 Å². The summed E-state index contributed by atoms with van der Waals surface area (Å²) < 4.78 is 1.37. The minimum absolute atomic E-state index is 0.138. The molecule has 4 heteroatoms. The lowest BCUT2D eigenvalue weighted by molar-refractivity contribution is 0.471. The van der Waals surface area contributed by atoms with E-state index in [0.29, 0.717) is 9.50 Å². The van der Waals surface area contributed by atoms with Gasteiger partial charge in [0.05, 0.1) is 4.47 Å². The number of benzene rings is 1. The normalized spacial score (nSPS) is 9.90. The highest BCUT2D eigenvalue weighted by Gasteiger charge is 2.02. The maximum absolute atomic E-state index is 9.12. The SMILES string of the molecule is Oc1cc(Cl)cc(Br)c1Br. The molecule has 0 amide bonds. The molecule has 0 spiro atoms. The van der Waals surface area contributed by atoms with Crippen LogP contribution in [0.3, 0.4) is 0 Å². The van der Waals surface area contributed by atoms with Crippen LogP contribution in [0.2, 0.25) is 5.02 Å². The Kier molecular flexibility index (Phi) is 2.61. The van der Waals surface area contributed by atoms with Gasteiger partial charge in [-0.15, -0.1) is 0 Å². The first-order valence-electron chi connectivity index (χ1n) is 2.45. The summed E-state index contributed by atoms with van der Waals surface area (Å²) in [6.07, 6.45) is 0. The van der Waals surface area contributed by atoms with E-state index >= 15 is 0 Å². The second kappa shape index (κ2) is 3.11. The van der Waals surface area contributed by atoms with Crippen molar-refractivity contribution in [2.75, 3.05) is 0 Å². The zero-order valence-electron chi connectivity index (χ0n) is 4.74. The maximum atomic E-state index is 9.12. The van der Waals surface area contributed by atoms with Gasteiger partial charge in [-0.05, 0) is 44.0 Å². The van der Waals surface area contributed by atoms with Gasteiger partial charge in [-0.25, -0.2) is 0 Å². The van der Waals surface area contributed by atoms with E-state index in [2.05, 4.69) is 31.9 Å². The molecule has 10 heavy (non-hydrogen) atoms. The first kappa shape index (κ1) is 8.37. The molecule has 1 rings (SSSR count). The molecule has 0 radical (unpaired) electrons. The first-order valence-corrected chi connectivity index (χ1v) is 4.41. The molecule has 0 unspecified atom stereocenters. The topological polar surface area (TPSA) is 20.2 Å². The van der Waals surface area contributed by atoms with Gasteiger partial charge >= 0.3 is 0 Å². The third-order valence-electron chi connectivity index (χ3n) is 0.974. The van der Waals surface area contributed by atoms with Crippen LogP contribution in [-0.2, 0) is 0 Å². The molecular formula is C6H3Br2ClO. The van der Waals surface area contributed by atoms with Gasteiger partial charge < -0.3 is 5.11 Å². The standard InChI is InChI=1S/C6H3Br2ClO/c7-4-1-3(9)2-5(10)6(4)8/h1-2,10H. The highest BCUT2D eigenvalue weighted by molar-refractivity contribution is 9.13. The Morgan fingerprint density at radius 2 is 1.90 bits per heavy atom. The van der Waals surface area contributed by atoms with Crippen LogP contribution in [-0.4, -0.2) is 5.11 Å². The van der Waals surface area contributed by atoms with Crippen molar-refractivity contribution in [3.8, 4) is 5.75 Å². The molecular weight excluding hydrogens is 283 g/mol. The Balaban J connectivity index is 3.31. The lowest BCUT2D eigenvalue weighted by Gasteiger charge is -1.99. The smallest absolute Gasteiger partial charge is 0.132 e. The van der Waals surface area contributed by atoms with Crippen LogP contribution in [0.4, 0.5) is 0 Å². The van der Waals surface area contributed by atoms with Crippen molar-refractivity contribution in [2.45, 2.75) is 0 Å². The Morgan fingerprint density at radius 3 is 2.40 bits per heavy atom. The minimum Gasteiger partial charge on any atom is -0.507 e. The lowest BCUT2D eigenvalue weighted by atomic mass is 10.3. The van der Waals surface area contributed by atoms with Gasteiger partial charge in [0.1, 0.15) is 5.75 Å². The molecule has 0 atom stereocenters. The summed E-state index contributed by atoms with van der Waals surface area (Å²) in [4.78, 5) is 0. The van der Waals surface area contributed by atoms with Crippen LogP contribution >= 0.6 is 43.5 Å². The third-order valence-corrected chi connectivity index (χ3v) is 3.18. The highest BCUT2D eigenvalue weighted by atomic mass is 79.9. The predicted molar refractivity (Wildman–Crippen MR) is 48.5 cm³/mol. The van der Waals surface area contributed by atoms with E-state index in [0.717, 1.165) is 4.47 Å². The first-order chi connectivity index (χ1) is 4.61. The Morgan fingerprint density at radius 1 is 1.30 bits per heavy atom. The van der Waals surface area contributed by atoms with Gasteiger partial charge in [0.15, 0.2) is 0 Å². The maximum Gasteiger partial charge on any atom is 0.132 e. The highest BCUT2D eigenvalue weighted by Crippen LogP contribution is 2.34. The Hall–Kier alpha value is 0.270. The van der Waals surface area contributed by atoms with Crippen molar-refractivity contribution >= 4 is 43.5 Å². The molecule has 0 heterocycles. The lowest BCUT2D eigenvalue weighted by Crippen LogP contribution is -1.71. The van der Waals surface area contributed by atoms with Crippen molar-refractivity contribution in [3.05, 3.63) is 26.1 Å². The van der Waals surface area contributed by atoms with E-state index in [1.165, 1.54) is 6.07 Å². The molecule has 1 aromatic carbocycles. The number of phenolic OH excluding ortho intramolecular Hbond substituents is 1. The van der Waals surface area contributed by atoms with E-state index < -0.39 is 0 Å². The summed E-state index contributed by atoms with van der Waals surface area (Å²) in [6, 6.07) is 3.17. The van der Waals surface area contributed by atoms with Gasteiger partial charge in [-0.2, -0.15) is 0 Å². The van der Waals surface area contributed by atoms with Crippen LogP contribution in [0.5, 0.6) is 5.75 Å². The number of halogens is 3. The number of hydrogen-bond donors (Lipinski definition) is 1. The molecule has 0 saturated heterocycles. The van der Waals surface area contributed by atoms with E-state index in [4.69, 9.17) is 16.7 Å². The Labute approximate surface area is 80.3 Å². The molecule has 54 valence electrons. The molecule has 0 saturated carbocycles. The molecule has 0 aliphatic carbocycles. The predicted octanol–water partition coefficient (Wildman–Crippen LogP) is 3.57. The van der Waals surface area contributed by atoms with Gasteiger partial charge in [0.2, 0.25) is 0 Å². The van der Waals surface area contributed by atoms with Crippen molar-refractivity contribution in [1.29, 1.82) is 0 Å². The molecule has 0 aromatic heterocycles. The van der Waals surface area contributed by atoms with Gasteiger partial charge in [-0.1, -0.05) is 11.6 Å². The van der Waals surface area contributed by atoms with E-state index in [9.17, 15) is 0 Å². The van der Waals surface area contributed by atoms with Gasteiger partial charge in [-0.3, -0.25) is 0 Å². The van der Waals surface area contributed by atoms with Crippen molar-refractivity contribution in [1.82, 2.24) is 0 Å². The van der Waals surface area contributed by atoms with Crippen molar-refractivity contribution in [3.63, 3.8) is 0 Å². The fourth-order valence-corrected chi connectivity index (χ4v) is 1.57. The summed E-state index contributed by atoms with van der Waals surface area (Å²) in [5, 5.41) is 9.63. The molecule has 1 nitrogen and oxygen atoms in total. The quantitative estimate of drug-likeness (QED) is 0.723.